The maximum Gasteiger partial charge on any atom is 0.262 e. The van der Waals surface area contributed by atoms with Gasteiger partial charge in [-0.1, -0.05) is 12.1 Å². The number of para-hydroxylation sites is 1. The van der Waals surface area contributed by atoms with Crippen LogP contribution in [0.5, 0.6) is 0 Å². The number of nitrogens with zero attached hydrogens (tertiary/aromatic N) is 4. The number of aryl methyl sites for hydroxylation is 2. The van der Waals surface area contributed by atoms with Crippen LogP contribution in [0.2, 0.25) is 0 Å². The van der Waals surface area contributed by atoms with Crippen molar-refractivity contribution in [2.24, 2.45) is 0 Å². The summed E-state index contributed by atoms with van der Waals surface area (Å²) in [7, 11) is 0. The van der Waals surface area contributed by atoms with E-state index < -0.39 is 0 Å². The molecule has 17 heavy (non-hydrogen) atoms. The van der Waals surface area contributed by atoms with Gasteiger partial charge in [0.1, 0.15) is 5.82 Å². The normalized spacial score (nSPS) is 11.4. The van der Waals surface area contributed by atoms with Gasteiger partial charge in [-0.2, -0.15) is 0 Å². The molecule has 86 valence electrons. The molecule has 3 rings (SSSR count). The van der Waals surface area contributed by atoms with Crippen molar-refractivity contribution in [1.29, 1.82) is 0 Å². The molecule has 0 saturated heterocycles. The first-order valence-electron chi connectivity index (χ1n) is 5.57. The van der Waals surface area contributed by atoms with Crippen LogP contribution in [0.4, 0.5) is 0 Å². The largest absolute Gasteiger partial charge is 0.277 e. The van der Waals surface area contributed by atoms with Crippen molar-refractivity contribution in [2.75, 3.05) is 0 Å². The molecule has 1 aromatic carbocycles. The van der Waals surface area contributed by atoms with E-state index in [4.69, 9.17) is 0 Å². The maximum absolute atomic E-state index is 12.3. The number of fused-ring (bicyclic) bond motifs is 3. The van der Waals surface area contributed by atoms with Gasteiger partial charge >= 0.3 is 0 Å². The number of hydrogen-bond acceptors (Lipinski definition) is 3. The van der Waals surface area contributed by atoms with Gasteiger partial charge in [0.2, 0.25) is 5.78 Å². The summed E-state index contributed by atoms with van der Waals surface area (Å²) >= 11 is 0. The lowest BCUT2D eigenvalue weighted by molar-refractivity contribution is 0.735. The number of rotatable bonds is 1. The van der Waals surface area contributed by atoms with E-state index in [0.29, 0.717) is 17.7 Å². The molecule has 2 aromatic heterocycles. The topological polar surface area (TPSA) is 52.2 Å². The number of benzene rings is 1. The summed E-state index contributed by atoms with van der Waals surface area (Å²) in [6.07, 6.45) is 0. The first-order chi connectivity index (χ1) is 8.24. The average Bonchev–Trinajstić information content (AvgIpc) is 2.73. The zero-order chi connectivity index (χ0) is 12.0. The highest BCUT2D eigenvalue weighted by Gasteiger charge is 2.12. The third-order valence-corrected chi connectivity index (χ3v) is 2.99. The number of hydrogen-bond donors (Lipinski definition) is 0. The highest BCUT2D eigenvalue weighted by molar-refractivity contribution is 5.80. The second-order valence-corrected chi connectivity index (χ2v) is 3.95. The fourth-order valence-electron chi connectivity index (χ4n) is 2.18. The molecule has 5 heteroatoms. The molecule has 0 atom stereocenters. The minimum Gasteiger partial charge on any atom is -0.277 e. The fraction of sp³-hybridized carbons (Fsp3) is 0.250. The van der Waals surface area contributed by atoms with Crippen molar-refractivity contribution in [2.45, 2.75) is 20.4 Å². The summed E-state index contributed by atoms with van der Waals surface area (Å²) in [5.74, 6) is 1.40. The Hall–Kier alpha value is -2.17. The van der Waals surface area contributed by atoms with Crippen molar-refractivity contribution in [3.8, 4) is 0 Å². The first kappa shape index (κ1) is 10.0. The summed E-state index contributed by atoms with van der Waals surface area (Å²) in [4.78, 5) is 12.3. The van der Waals surface area contributed by atoms with Crippen LogP contribution in [0.15, 0.2) is 29.1 Å². The smallest absolute Gasteiger partial charge is 0.262 e. The minimum absolute atomic E-state index is 0.0111. The quantitative estimate of drug-likeness (QED) is 0.632. The molecule has 0 aliphatic rings. The van der Waals surface area contributed by atoms with Crippen molar-refractivity contribution in [3.05, 3.63) is 40.4 Å². The Bertz CT molecular complexity index is 769. The molecule has 0 spiro atoms. The molecular formula is C12H12N4O. The van der Waals surface area contributed by atoms with E-state index >= 15 is 0 Å². The van der Waals surface area contributed by atoms with Crippen LogP contribution in [0, 0.1) is 6.92 Å². The van der Waals surface area contributed by atoms with E-state index in [0.717, 1.165) is 11.3 Å². The third-order valence-electron chi connectivity index (χ3n) is 2.99. The van der Waals surface area contributed by atoms with Crippen molar-refractivity contribution >= 4 is 16.7 Å². The molecular weight excluding hydrogens is 216 g/mol. The maximum atomic E-state index is 12.3. The van der Waals surface area contributed by atoms with Gasteiger partial charge in [0.15, 0.2) is 0 Å². The third kappa shape index (κ3) is 1.22. The Morgan fingerprint density at radius 2 is 2.00 bits per heavy atom. The van der Waals surface area contributed by atoms with Gasteiger partial charge in [-0.15, -0.1) is 10.2 Å². The lowest BCUT2D eigenvalue weighted by Gasteiger charge is -2.08. The Morgan fingerprint density at radius 1 is 1.24 bits per heavy atom. The van der Waals surface area contributed by atoms with Crippen LogP contribution in [0.1, 0.15) is 12.7 Å². The van der Waals surface area contributed by atoms with E-state index in [2.05, 4.69) is 10.2 Å². The molecule has 0 aliphatic heterocycles. The van der Waals surface area contributed by atoms with Gasteiger partial charge in [0.05, 0.1) is 10.9 Å². The van der Waals surface area contributed by atoms with Gasteiger partial charge in [0, 0.05) is 6.54 Å². The predicted octanol–water partition coefficient (Wildman–Crippen LogP) is 1.37. The van der Waals surface area contributed by atoms with Crippen LogP contribution in [0.3, 0.4) is 0 Å². The zero-order valence-electron chi connectivity index (χ0n) is 9.71. The first-order valence-corrected chi connectivity index (χ1v) is 5.57. The lowest BCUT2D eigenvalue weighted by atomic mass is 10.2. The summed E-state index contributed by atoms with van der Waals surface area (Å²) < 4.78 is 3.56. The zero-order valence-corrected chi connectivity index (χ0v) is 9.71. The summed E-state index contributed by atoms with van der Waals surface area (Å²) in [6.45, 7) is 4.41. The molecule has 0 fully saturated rings. The summed E-state index contributed by atoms with van der Waals surface area (Å²) in [5, 5.41) is 8.82. The van der Waals surface area contributed by atoms with Crippen molar-refractivity contribution < 1.29 is 0 Å². The average molecular weight is 228 g/mol. The molecule has 3 aromatic rings. The molecule has 0 unspecified atom stereocenters. The van der Waals surface area contributed by atoms with Gasteiger partial charge in [0.25, 0.3) is 5.56 Å². The van der Waals surface area contributed by atoms with Crippen molar-refractivity contribution in [1.82, 2.24) is 19.2 Å². The molecule has 0 radical (unpaired) electrons. The van der Waals surface area contributed by atoms with E-state index in [1.807, 2.05) is 42.5 Å². The molecule has 2 heterocycles. The monoisotopic (exact) mass is 228 g/mol. The molecule has 5 nitrogen and oxygen atoms in total. The lowest BCUT2D eigenvalue weighted by Crippen LogP contribution is -2.22. The van der Waals surface area contributed by atoms with Crippen LogP contribution in [-0.2, 0) is 6.54 Å². The molecule has 0 aliphatic carbocycles. The van der Waals surface area contributed by atoms with Crippen LogP contribution < -0.4 is 5.56 Å². The highest BCUT2D eigenvalue weighted by atomic mass is 16.1. The number of aromatic nitrogens is 4. The summed E-state index contributed by atoms with van der Waals surface area (Å²) in [6, 6.07) is 7.54. The van der Waals surface area contributed by atoms with Gasteiger partial charge < -0.3 is 0 Å². The van der Waals surface area contributed by atoms with E-state index in [-0.39, 0.29) is 5.56 Å². The van der Waals surface area contributed by atoms with E-state index in [1.54, 1.807) is 4.57 Å². The molecule has 0 bridgehead atoms. The van der Waals surface area contributed by atoms with Gasteiger partial charge in [-0.05, 0) is 26.0 Å². The minimum atomic E-state index is -0.0111. The molecule has 0 N–H and O–H groups in total. The Balaban J connectivity index is 2.71. The van der Waals surface area contributed by atoms with Crippen LogP contribution >= 0.6 is 0 Å². The molecule has 0 saturated carbocycles. The van der Waals surface area contributed by atoms with E-state index in [9.17, 15) is 4.79 Å². The van der Waals surface area contributed by atoms with Crippen molar-refractivity contribution in [3.63, 3.8) is 0 Å². The Labute approximate surface area is 97.3 Å². The van der Waals surface area contributed by atoms with Gasteiger partial charge in [-0.25, -0.2) is 0 Å². The Morgan fingerprint density at radius 3 is 2.76 bits per heavy atom. The standard InChI is InChI=1S/C12H12N4O/c1-3-15-11(17)9-6-4-5-7-10(9)16-8(2)13-14-12(15)16/h4-7H,3H2,1-2H3. The SMILES string of the molecule is CCn1c(=O)c2ccccc2n2c(C)nnc12. The van der Waals surface area contributed by atoms with Gasteiger partial charge in [-0.3, -0.25) is 13.8 Å². The molecule has 0 amide bonds. The highest BCUT2D eigenvalue weighted by Crippen LogP contribution is 2.13. The Kier molecular flexibility index (Phi) is 2.01. The fourth-order valence-corrected chi connectivity index (χ4v) is 2.18. The summed E-state index contributed by atoms with van der Waals surface area (Å²) in [5.41, 5.74) is 0.850. The second kappa shape index (κ2) is 3.41. The second-order valence-electron chi connectivity index (χ2n) is 3.95. The van der Waals surface area contributed by atoms with E-state index in [1.165, 1.54) is 0 Å². The van der Waals surface area contributed by atoms with Crippen LogP contribution in [-0.4, -0.2) is 19.2 Å². The van der Waals surface area contributed by atoms with Crippen LogP contribution in [0.25, 0.3) is 16.7 Å². The predicted molar refractivity (Wildman–Crippen MR) is 65.2 cm³/mol.